The van der Waals surface area contributed by atoms with E-state index in [1.165, 1.54) is 6.20 Å². The first-order chi connectivity index (χ1) is 4.91. The number of sulfonamides is 1. The van der Waals surface area contributed by atoms with Crippen LogP contribution in [0.15, 0.2) is 11.2 Å². The van der Waals surface area contributed by atoms with Gasteiger partial charge in [-0.25, -0.2) is 18.5 Å². The zero-order chi connectivity index (χ0) is 8.65. The van der Waals surface area contributed by atoms with Crippen molar-refractivity contribution in [2.24, 2.45) is 12.2 Å². The van der Waals surface area contributed by atoms with Gasteiger partial charge in [0, 0.05) is 13.2 Å². The van der Waals surface area contributed by atoms with Crippen LogP contribution in [0, 0.1) is 6.92 Å². The molecule has 0 saturated carbocycles. The molecule has 2 N–H and O–H groups in total. The third-order valence-electron chi connectivity index (χ3n) is 1.38. The second kappa shape index (κ2) is 2.31. The largest absolute Gasteiger partial charge is 0.337 e. The van der Waals surface area contributed by atoms with Gasteiger partial charge in [-0.2, -0.15) is 0 Å². The molecule has 0 atom stereocenters. The number of nitrogens with two attached hydrogens (primary N) is 1. The van der Waals surface area contributed by atoms with Crippen molar-refractivity contribution in [2.45, 2.75) is 11.9 Å². The van der Waals surface area contributed by atoms with E-state index < -0.39 is 10.0 Å². The van der Waals surface area contributed by atoms with Crippen LogP contribution in [0.3, 0.4) is 0 Å². The topological polar surface area (TPSA) is 78.0 Å². The summed E-state index contributed by atoms with van der Waals surface area (Å²) in [6, 6.07) is 0. The lowest BCUT2D eigenvalue weighted by Crippen LogP contribution is -2.12. The fourth-order valence-corrected chi connectivity index (χ4v) is 1.23. The van der Waals surface area contributed by atoms with E-state index in [-0.39, 0.29) is 5.03 Å². The molecule has 0 aromatic carbocycles. The average molecular weight is 175 g/mol. The van der Waals surface area contributed by atoms with Gasteiger partial charge >= 0.3 is 0 Å². The highest BCUT2D eigenvalue weighted by Gasteiger charge is 2.11. The summed E-state index contributed by atoms with van der Waals surface area (Å²) in [6.45, 7) is 1.70. The van der Waals surface area contributed by atoms with E-state index >= 15 is 0 Å². The highest BCUT2D eigenvalue weighted by atomic mass is 32.2. The number of hydrogen-bond acceptors (Lipinski definition) is 3. The predicted octanol–water partition coefficient (Wildman–Crippen LogP) is -0.624. The molecule has 6 heteroatoms. The van der Waals surface area contributed by atoms with Gasteiger partial charge in [0.05, 0.1) is 0 Å². The van der Waals surface area contributed by atoms with E-state index in [4.69, 9.17) is 5.14 Å². The van der Waals surface area contributed by atoms with E-state index in [0.717, 1.165) is 0 Å². The maximum atomic E-state index is 10.7. The molecular formula is C5H9N3O2S. The molecule has 0 radical (unpaired) electrons. The van der Waals surface area contributed by atoms with Crippen molar-refractivity contribution >= 4 is 10.0 Å². The Morgan fingerprint density at radius 2 is 2.18 bits per heavy atom. The summed E-state index contributed by atoms with van der Waals surface area (Å²) in [5.74, 6) is 0.619. The molecule has 5 nitrogen and oxygen atoms in total. The molecule has 0 aliphatic carbocycles. The van der Waals surface area contributed by atoms with Crippen molar-refractivity contribution in [1.82, 2.24) is 9.55 Å². The molecule has 11 heavy (non-hydrogen) atoms. The number of nitrogens with zero attached hydrogens (tertiary/aromatic N) is 2. The Bertz CT molecular complexity index is 346. The molecule has 1 rings (SSSR count). The Balaban J connectivity index is 3.29. The van der Waals surface area contributed by atoms with Gasteiger partial charge in [0.25, 0.3) is 10.0 Å². The van der Waals surface area contributed by atoms with Crippen molar-refractivity contribution in [3.8, 4) is 0 Å². The van der Waals surface area contributed by atoms with E-state index in [2.05, 4.69) is 4.98 Å². The lowest BCUT2D eigenvalue weighted by Gasteiger charge is -1.87. The zero-order valence-corrected chi connectivity index (χ0v) is 7.09. The van der Waals surface area contributed by atoms with Crippen molar-refractivity contribution in [3.63, 3.8) is 0 Å². The van der Waals surface area contributed by atoms with Crippen LogP contribution < -0.4 is 5.14 Å². The summed E-state index contributed by atoms with van der Waals surface area (Å²) in [7, 11) is -1.93. The zero-order valence-electron chi connectivity index (χ0n) is 6.27. The van der Waals surface area contributed by atoms with Gasteiger partial charge in [-0.3, -0.25) is 0 Å². The first kappa shape index (κ1) is 8.22. The highest BCUT2D eigenvalue weighted by molar-refractivity contribution is 7.89. The van der Waals surface area contributed by atoms with Crippen LogP contribution in [-0.2, 0) is 17.1 Å². The fourth-order valence-electron chi connectivity index (χ4n) is 0.663. The van der Waals surface area contributed by atoms with Crippen LogP contribution in [0.5, 0.6) is 0 Å². The molecule has 1 heterocycles. The van der Waals surface area contributed by atoms with Gasteiger partial charge in [0.2, 0.25) is 0 Å². The number of imidazole rings is 1. The average Bonchev–Trinajstić information content (AvgIpc) is 2.11. The Kier molecular flexibility index (Phi) is 1.73. The minimum absolute atomic E-state index is 0.0856. The monoisotopic (exact) mass is 175 g/mol. The molecular weight excluding hydrogens is 166 g/mol. The van der Waals surface area contributed by atoms with Gasteiger partial charge in [-0.05, 0) is 6.92 Å². The van der Waals surface area contributed by atoms with Crippen LogP contribution in [0.4, 0.5) is 0 Å². The lowest BCUT2D eigenvalue weighted by atomic mass is 10.7. The third kappa shape index (κ3) is 1.58. The van der Waals surface area contributed by atoms with Crippen LogP contribution in [0.25, 0.3) is 0 Å². The minimum Gasteiger partial charge on any atom is -0.337 e. The molecule has 0 unspecified atom stereocenters. The first-order valence-corrected chi connectivity index (χ1v) is 4.48. The fraction of sp³-hybridized carbons (Fsp3) is 0.400. The highest BCUT2D eigenvalue weighted by Crippen LogP contribution is 2.04. The SMILES string of the molecule is Cc1nc(S(N)(=O)=O)cn1C. The molecule has 0 saturated heterocycles. The molecule has 1 aromatic rings. The maximum absolute atomic E-state index is 10.7. The standard InChI is InChI=1S/C5H9N3O2S/c1-4-7-5(3-8(4)2)11(6,9)10/h3H,1-2H3,(H2,6,9,10). The number of aryl methyl sites for hydroxylation is 2. The Labute approximate surface area is 64.9 Å². The number of hydrogen-bond donors (Lipinski definition) is 1. The van der Waals surface area contributed by atoms with Crippen molar-refractivity contribution in [2.75, 3.05) is 0 Å². The van der Waals surface area contributed by atoms with Crippen molar-refractivity contribution in [3.05, 3.63) is 12.0 Å². The number of rotatable bonds is 1. The summed E-state index contributed by atoms with van der Waals surface area (Å²) < 4.78 is 23.0. The van der Waals surface area contributed by atoms with E-state index in [1.54, 1.807) is 18.5 Å². The predicted molar refractivity (Wildman–Crippen MR) is 39.3 cm³/mol. The maximum Gasteiger partial charge on any atom is 0.257 e. The smallest absolute Gasteiger partial charge is 0.257 e. The van der Waals surface area contributed by atoms with E-state index in [1.807, 2.05) is 0 Å². The van der Waals surface area contributed by atoms with Gasteiger partial charge in [-0.15, -0.1) is 0 Å². The molecule has 0 aliphatic heterocycles. The van der Waals surface area contributed by atoms with Crippen molar-refractivity contribution < 1.29 is 8.42 Å². The Morgan fingerprint density at radius 1 is 1.64 bits per heavy atom. The van der Waals surface area contributed by atoms with Crippen LogP contribution in [0.2, 0.25) is 0 Å². The summed E-state index contributed by atoms with van der Waals surface area (Å²) in [4.78, 5) is 3.73. The minimum atomic E-state index is -3.64. The second-order valence-electron chi connectivity index (χ2n) is 2.28. The van der Waals surface area contributed by atoms with Gasteiger partial charge in [0.1, 0.15) is 5.82 Å². The first-order valence-electron chi connectivity index (χ1n) is 2.94. The van der Waals surface area contributed by atoms with Gasteiger partial charge < -0.3 is 4.57 Å². The molecule has 62 valence electrons. The second-order valence-corrected chi connectivity index (χ2v) is 3.79. The quantitative estimate of drug-likeness (QED) is 0.617. The molecule has 0 spiro atoms. The number of primary sulfonamides is 1. The Morgan fingerprint density at radius 3 is 2.36 bits per heavy atom. The van der Waals surface area contributed by atoms with Crippen LogP contribution in [-0.4, -0.2) is 18.0 Å². The molecule has 0 fully saturated rings. The molecule has 0 aliphatic rings. The summed E-state index contributed by atoms with van der Waals surface area (Å²) >= 11 is 0. The van der Waals surface area contributed by atoms with Crippen LogP contribution in [0.1, 0.15) is 5.82 Å². The summed E-state index contributed by atoms with van der Waals surface area (Å²) in [5.41, 5.74) is 0. The van der Waals surface area contributed by atoms with E-state index in [9.17, 15) is 8.42 Å². The van der Waals surface area contributed by atoms with Crippen molar-refractivity contribution in [1.29, 1.82) is 0 Å². The molecule has 0 amide bonds. The van der Waals surface area contributed by atoms with Crippen LogP contribution >= 0.6 is 0 Å². The third-order valence-corrected chi connectivity index (χ3v) is 2.16. The van der Waals surface area contributed by atoms with E-state index in [0.29, 0.717) is 5.82 Å². The molecule has 1 aromatic heterocycles. The lowest BCUT2D eigenvalue weighted by molar-refractivity contribution is 0.594. The normalized spacial score (nSPS) is 11.9. The summed E-state index contributed by atoms with van der Waals surface area (Å²) in [6.07, 6.45) is 1.38. The van der Waals surface area contributed by atoms with Gasteiger partial charge in [0.15, 0.2) is 5.03 Å². The number of aromatic nitrogens is 2. The van der Waals surface area contributed by atoms with Gasteiger partial charge in [-0.1, -0.05) is 0 Å². The molecule has 0 bridgehead atoms. The Hall–Kier alpha value is -0.880. The summed E-state index contributed by atoms with van der Waals surface area (Å²) in [5, 5.41) is 4.75.